The van der Waals surface area contributed by atoms with Gasteiger partial charge in [0.05, 0.1) is 11.6 Å². The molecule has 0 radical (unpaired) electrons. The Morgan fingerprint density at radius 1 is 1.42 bits per heavy atom. The zero-order valence-corrected chi connectivity index (χ0v) is 11.1. The Labute approximate surface area is 113 Å². The average molecular weight is 261 g/mol. The second-order valence-corrected chi connectivity index (χ2v) is 5.03. The van der Waals surface area contributed by atoms with E-state index in [0.29, 0.717) is 12.1 Å². The number of likely N-dealkylation sites (tertiary alicyclic amines) is 1. The Morgan fingerprint density at radius 3 is 3.00 bits per heavy atom. The first-order valence-corrected chi connectivity index (χ1v) is 6.90. The minimum Gasteiger partial charge on any atom is -0.330 e. The first-order valence-electron chi connectivity index (χ1n) is 6.90. The van der Waals surface area contributed by atoms with Gasteiger partial charge in [0.2, 0.25) is 0 Å². The van der Waals surface area contributed by atoms with Crippen LogP contribution in [0.1, 0.15) is 42.9 Å². The van der Waals surface area contributed by atoms with E-state index in [4.69, 9.17) is 5.73 Å². The lowest BCUT2D eigenvalue weighted by atomic mass is 9.92. The van der Waals surface area contributed by atoms with E-state index in [1.807, 2.05) is 0 Å². The molecule has 0 amide bonds. The van der Waals surface area contributed by atoms with Crippen LogP contribution < -0.4 is 5.73 Å². The fraction of sp³-hybridized carbons (Fsp3) is 0.533. The average Bonchev–Trinajstić information content (AvgIpc) is 2.45. The molecule has 1 aromatic rings. The molecule has 1 saturated heterocycles. The second-order valence-electron chi connectivity index (χ2n) is 5.03. The number of piperidine rings is 1. The molecule has 3 nitrogen and oxygen atoms in total. The summed E-state index contributed by atoms with van der Waals surface area (Å²) in [5.74, 6) is -0.343. The summed E-state index contributed by atoms with van der Waals surface area (Å²) in [5.41, 5.74) is 7.00. The van der Waals surface area contributed by atoms with Crippen LogP contribution in [0.15, 0.2) is 18.2 Å². The number of nitriles is 1. The fourth-order valence-corrected chi connectivity index (χ4v) is 2.82. The van der Waals surface area contributed by atoms with Crippen LogP contribution in [0.5, 0.6) is 0 Å². The maximum absolute atomic E-state index is 13.2. The Kier molecular flexibility index (Phi) is 4.89. The summed E-state index contributed by atoms with van der Waals surface area (Å²) in [7, 11) is 0. The van der Waals surface area contributed by atoms with Gasteiger partial charge >= 0.3 is 0 Å². The van der Waals surface area contributed by atoms with Crippen molar-refractivity contribution in [3.63, 3.8) is 0 Å². The zero-order chi connectivity index (χ0) is 13.7. The molecule has 1 aliphatic rings. The van der Waals surface area contributed by atoms with Gasteiger partial charge in [0.15, 0.2) is 0 Å². The summed E-state index contributed by atoms with van der Waals surface area (Å²) < 4.78 is 13.2. The van der Waals surface area contributed by atoms with E-state index in [9.17, 15) is 9.65 Å². The molecule has 1 heterocycles. The Morgan fingerprint density at radius 2 is 2.26 bits per heavy atom. The van der Waals surface area contributed by atoms with Crippen LogP contribution >= 0.6 is 0 Å². The van der Waals surface area contributed by atoms with Gasteiger partial charge in [0, 0.05) is 6.04 Å². The van der Waals surface area contributed by atoms with Crippen LogP contribution in [-0.2, 0) is 0 Å². The molecule has 102 valence electrons. The van der Waals surface area contributed by atoms with Crippen molar-refractivity contribution in [3.05, 3.63) is 35.1 Å². The third-order valence-corrected chi connectivity index (χ3v) is 3.76. The minimum atomic E-state index is -0.343. The van der Waals surface area contributed by atoms with Crippen molar-refractivity contribution in [2.45, 2.75) is 31.7 Å². The van der Waals surface area contributed by atoms with Gasteiger partial charge in [-0.25, -0.2) is 4.39 Å². The fourth-order valence-electron chi connectivity index (χ4n) is 2.82. The van der Waals surface area contributed by atoms with Crippen LogP contribution in [0, 0.1) is 17.1 Å². The van der Waals surface area contributed by atoms with Crippen LogP contribution in [-0.4, -0.2) is 24.5 Å². The quantitative estimate of drug-likeness (QED) is 0.906. The Hall–Kier alpha value is -1.44. The van der Waals surface area contributed by atoms with Gasteiger partial charge in [-0.2, -0.15) is 5.26 Å². The third-order valence-electron chi connectivity index (χ3n) is 3.76. The molecular formula is C15H20FN3. The van der Waals surface area contributed by atoms with Crippen LogP contribution in [0.4, 0.5) is 4.39 Å². The highest BCUT2D eigenvalue weighted by Crippen LogP contribution is 2.32. The molecule has 0 aromatic heterocycles. The van der Waals surface area contributed by atoms with Crippen LogP contribution in [0.25, 0.3) is 0 Å². The lowest BCUT2D eigenvalue weighted by Gasteiger charge is -2.36. The molecule has 19 heavy (non-hydrogen) atoms. The molecule has 1 aromatic carbocycles. The summed E-state index contributed by atoms with van der Waals surface area (Å²) in [6, 6.07) is 6.90. The predicted octanol–water partition coefficient (Wildman–Crippen LogP) is 2.57. The van der Waals surface area contributed by atoms with Crippen molar-refractivity contribution in [2.75, 3.05) is 19.6 Å². The number of nitrogens with zero attached hydrogens (tertiary/aromatic N) is 2. The van der Waals surface area contributed by atoms with Crippen molar-refractivity contribution in [3.8, 4) is 6.07 Å². The molecule has 1 unspecified atom stereocenters. The highest BCUT2D eigenvalue weighted by molar-refractivity contribution is 5.40. The molecule has 4 heteroatoms. The molecule has 0 aliphatic carbocycles. The van der Waals surface area contributed by atoms with E-state index in [1.165, 1.54) is 18.6 Å². The number of hydrogen-bond donors (Lipinski definition) is 1. The molecule has 0 spiro atoms. The SMILES string of the molecule is N#Cc1cc(F)ccc1C1CCCCN1CCCN. The Bertz CT molecular complexity index is 467. The van der Waals surface area contributed by atoms with Crippen molar-refractivity contribution in [1.82, 2.24) is 4.90 Å². The lowest BCUT2D eigenvalue weighted by molar-refractivity contribution is 0.147. The summed E-state index contributed by atoms with van der Waals surface area (Å²) >= 11 is 0. The summed E-state index contributed by atoms with van der Waals surface area (Å²) in [6.07, 6.45) is 4.33. The van der Waals surface area contributed by atoms with Crippen LogP contribution in [0.3, 0.4) is 0 Å². The number of rotatable bonds is 4. The molecule has 1 fully saturated rings. The van der Waals surface area contributed by atoms with Gasteiger partial charge in [0.1, 0.15) is 5.82 Å². The van der Waals surface area contributed by atoms with Gasteiger partial charge in [0.25, 0.3) is 0 Å². The van der Waals surface area contributed by atoms with E-state index in [2.05, 4.69) is 11.0 Å². The molecular weight excluding hydrogens is 241 g/mol. The van der Waals surface area contributed by atoms with Crippen LogP contribution in [0.2, 0.25) is 0 Å². The first kappa shape index (κ1) is 14.0. The van der Waals surface area contributed by atoms with Gasteiger partial charge in [-0.15, -0.1) is 0 Å². The molecule has 1 aliphatic heterocycles. The van der Waals surface area contributed by atoms with Crippen molar-refractivity contribution in [1.29, 1.82) is 5.26 Å². The molecule has 0 saturated carbocycles. The number of benzene rings is 1. The van der Waals surface area contributed by atoms with E-state index in [1.54, 1.807) is 6.07 Å². The topological polar surface area (TPSA) is 53.0 Å². The number of nitrogens with two attached hydrogens (primary N) is 1. The smallest absolute Gasteiger partial charge is 0.124 e. The minimum absolute atomic E-state index is 0.232. The molecule has 0 bridgehead atoms. The normalized spacial score (nSPS) is 20.2. The monoisotopic (exact) mass is 261 g/mol. The third kappa shape index (κ3) is 3.31. The predicted molar refractivity (Wildman–Crippen MR) is 73.0 cm³/mol. The van der Waals surface area contributed by atoms with Gasteiger partial charge in [-0.3, -0.25) is 4.90 Å². The van der Waals surface area contributed by atoms with Crippen molar-refractivity contribution in [2.24, 2.45) is 5.73 Å². The zero-order valence-electron chi connectivity index (χ0n) is 11.1. The molecule has 1 atom stereocenters. The van der Waals surface area contributed by atoms with Crippen molar-refractivity contribution < 1.29 is 4.39 Å². The lowest BCUT2D eigenvalue weighted by Crippen LogP contribution is -2.35. The van der Waals surface area contributed by atoms with Crippen molar-refractivity contribution >= 4 is 0 Å². The van der Waals surface area contributed by atoms with Gasteiger partial charge in [-0.05, 0) is 56.6 Å². The number of halogens is 1. The summed E-state index contributed by atoms with van der Waals surface area (Å²) in [6.45, 7) is 2.66. The molecule has 2 rings (SSSR count). The Balaban J connectivity index is 2.24. The van der Waals surface area contributed by atoms with E-state index >= 15 is 0 Å². The largest absolute Gasteiger partial charge is 0.330 e. The van der Waals surface area contributed by atoms with E-state index in [0.717, 1.165) is 37.9 Å². The standard InChI is InChI=1S/C15H20FN3/c16-13-5-6-14(12(10-13)11-18)15-4-1-2-8-19(15)9-3-7-17/h5-6,10,15H,1-4,7-9,17H2. The van der Waals surface area contributed by atoms with E-state index < -0.39 is 0 Å². The maximum atomic E-state index is 13.2. The summed E-state index contributed by atoms with van der Waals surface area (Å²) in [4.78, 5) is 2.38. The first-order chi connectivity index (χ1) is 9.26. The van der Waals surface area contributed by atoms with Gasteiger partial charge < -0.3 is 5.73 Å². The second kappa shape index (κ2) is 6.65. The maximum Gasteiger partial charge on any atom is 0.124 e. The highest BCUT2D eigenvalue weighted by Gasteiger charge is 2.25. The van der Waals surface area contributed by atoms with Gasteiger partial charge in [-0.1, -0.05) is 12.5 Å². The highest BCUT2D eigenvalue weighted by atomic mass is 19.1. The summed E-state index contributed by atoms with van der Waals surface area (Å²) in [5, 5.41) is 9.18. The number of hydrogen-bond acceptors (Lipinski definition) is 3. The van der Waals surface area contributed by atoms with E-state index in [-0.39, 0.29) is 11.9 Å². The molecule has 2 N–H and O–H groups in total.